The van der Waals surface area contributed by atoms with Gasteiger partial charge in [0.2, 0.25) is 0 Å². The van der Waals surface area contributed by atoms with Crippen LogP contribution >= 0.6 is 0 Å². The van der Waals surface area contributed by atoms with E-state index in [1.807, 2.05) is 4.90 Å². The number of carbonyl (C=O) groups is 3. The Labute approximate surface area is 174 Å². The van der Waals surface area contributed by atoms with E-state index in [4.69, 9.17) is 9.47 Å². The minimum Gasteiger partial charge on any atom is -0.347 e. The molecule has 0 atom stereocenters. The van der Waals surface area contributed by atoms with Gasteiger partial charge in [-0.2, -0.15) is 0 Å². The average molecular weight is 406 g/mol. The normalized spacial score (nSPS) is 20.1. The highest BCUT2D eigenvalue weighted by Gasteiger charge is 2.41. The number of likely N-dealkylation sites (tertiary alicyclic amines) is 1. The van der Waals surface area contributed by atoms with Crippen LogP contribution in [0.5, 0.6) is 0 Å². The highest BCUT2D eigenvalue weighted by atomic mass is 16.7. The second-order valence-corrected chi connectivity index (χ2v) is 7.84. The number of amides is 3. The molecule has 0 aliphatic carbocycles. The maximum Gasteiger partial charge on any atom is 0.261 e. The largest absolute Gasteiger partial charge is 0.347 e. The van der Waals surface area contributed by atoms with E-state index >= 15 is 0 Å². The van der Waals surface area contributed by atoms with Gasteiger partial charge < -0.3 is 14.4 Å². The van der Waals surface area contributed by atoms with Crippen molar-refractivity contribution >= 4 is 17.7 Å². The fraction of sp³-hybridized carbons (Fsp3) is 0.348. The van der Waals surface area contributed by atoms with E-state index in [1.54, 1.807) is 48.5 Å². The second kappa shape index (κ2) is 7.34. The molecule has 2 aromatic rings. The molecule has 154 valence electrons. The molecule has 0 unspecified atom stereocenters. The number of benzene rings is 2. The van der Waals surface area contributed by atoms with Crippen molar-refractivity contribution in [2.75, 3.05) is 26.3 Å². The molecule has 7 heteroatoms. The topological polar surface area (TPSA) is 76.2 Å². The molecule has 3 aliphatic heterocycles. The Bertz CT molecular complexity index is 966. The fourth-order valence-corrected chi connectivity index (χ4v) is 4.34. The lowest BCUT2D eigenvalue weighted by Gasteiger charge is -2.37. The van der Waals surface area contributed by atoms with E-state index in [1.165, 1.54) is 4.90 Å². The zero-order valence-electron chi connectivity index (χ0n) is 16.5. The molecule has 0 saturated carbocycles. The zero-order valence-corrected chi connectivity index (χ0v) is 16.5. The molecule has 5 rings (SSSR count). The quantitative estimate of drug-likeness (QED) is 0.732. The van der Waals surface area contributed by atoms with Crippen molar-refractivity contribution in [3.8, 4) is 0 Å². The molecule has 0 radical (unpaired) electrons. The lowest BCUT2D eigenvalue weighted by atomic mass is 10.0. The molecule has 0 bridgehead atoms. The second-order valence-electron chi connectivity index (χ2n) is 7.84. The summed E-state index contributed by atoms with van der Waals surface area (Å²) < 4.78 is 11.4. The van der Waals surface area contributed by atoms with Crippen molar-refractivity contribution in [3.63, 3.8) is 0 Å². The summed E-state index contributed by atoms with van der Waals surface area (Å²) in [6, 6.07) is 13.9. The molecule has 0 aromatic heterocycles. The molecule has 0 N–H and O–H groups in total. The maximum atomic E-state index is 12.8. The van der Waals surface area contributed by atoms with Crippen LogP contribution < -0.4 is 0 Å². The first-order valence-electron chi connectivity index (χ1n) is 10.2. The van der Waals surface area contributed by atoms with Crippen LogP contribution in [-0.4, -0.2) is 59.6 Å². The van der Waals surface area contributed by atoms with Gasteiger partial charge in [-0.1, -0.05) is 24.3 Å². The number of nitrogens with zero attached hydrogens (tertiary/aromatic N) is 2. The van der Waals surface area contributed by atoms with Crippen LogP contribution in [0.4, 0.5) is 0 Å². The summed E-state index contributed by atoms with van der Waals surface area (Å²) in [4.78, 5) is 40.9. The third kappa shape index (κ3) is 3.20. The maximum absolute atomic E-state index is 12.8. The van der Waals surface area contributed by atoms with Crippen LogP contribution in [0.25, 0.3) is 0 Å². The Morgan fingerprint density at radius 2 is 1.43 bits per heavy atom. The summed E-state index contributed by atoms with van der Waals surface area (Å²) in [6.07, 6.45) is 1.35. The molecule has 1 spiro atoms. The number of rotatable bonds is 3. The van der Waals surface area contributed by atoms with E-state index < -0.39 is 5.79 Å². The number of fused-ring (bicyclic) bond motifs is 1. The van der Waals surface area contributed by atoms with E-state index in [2.05, 4.69) is 0 Å². The standard InChI is InChI=1S/C23H22N2O5/c26-20(24-11-9-23(10-12-24)29-13-14-30-23)17-7-5-16(6-8-17)15-25-21(27)18-3-1-2-4-19(18)22(25)28/h1-8H,9-15H2. The third-order valence-electron chi connectivity index (χ3n) is 6.05. The Balaban J connectivity index is 1.24. The first kappa shape index (κ1) is 19.0. The molecule has 2 fully saturated rings. The smallest absolute Gasteiger partial charge is 0.261 e. The Hall–Kier alpha value is -3.03. The van der Waals surface area contributed by atoms with Gasteiger partial charge in [-0.05, 0) is 29.8 Å². The fourth-order valence-electron chi connectivity index (χ4n) is 4.34. The number of ether oxygens (including phenoxy) is 2. The van der Waals surface area contributed by atoms with Gasteiger partial charge in [-0.15, -0.1) is 0 Å². The van der Waals surface area contributed by atoms with Crippen LogP contribution in [-0.2, 0) is 16.0 Å². The Morgan fingerprint density at radius 1 is 0.867 bits per heavy atom. The minimum absolute atomic E-state index is 0.0323. The first-order chi connectivity index (χ1) is 14.6. The third-order valence-corrected chi connectivity index (χ3v) is 6.05. The van der Waals surface area contributed by atoms with Crippen molar-refractivity contribution in [2.45, 2.75) is 25.2 Å². The van der Waals surface area contributed by atoms with E-state index in [9.17, 15) is 14.4 Å². The minimum atomic E-state index is -0.507. The van der Waals surface area contributed by atoms with Gasteiger partial charge >= 0.3 is 0 Å². The van der Waals surface area contributed by atoms with Crippen LogP contribution in [0.1, 0.15) is 49.5 Å². The summed E-state index contributed by atoms with van der Waals surface area (Å²) in [7, 11) is 0. The first-order valence-corrected chi connectivity index (χ1v) is 10.2. The monoisotopic (exact) mass is 406 g/mol. The summed E-state index contributed by atoms with van der Waals surface area (Å²) in [6.45, 7) is 2.60. The van der Waals surface area contributed by atoms with E-state index in [0.717, 1.165) is 5.56 Å². The molecule has 30 heavy (non-hydrogen) atoms. The SMILES string of the molecule is O=C(c1ccc(CN2C(=O)c3ccccc3C2=O)cc1)N1CCC2(CC1)OCCO2. The lowest BCUT2D eigenvalue weighted by molar-refractivity contribution is -0.181. The van der Waals surface area contributed by atoms with Crippen molar-refractivity contribution in [2.24, 2.45) is 0 Å². The van der Waals surface area contributed by atoms with Crippen molar-refractivity contribution in [1.82, 2.24) is 9.80 Å². The van der Waals surface area contributed by atoms with Gasteiger partial charge in [0.05, 0.1) is 30.9 Å². The van der Waals surface area contributed by atoms with Gasteiger partial charge in [0.1, 0.15) is 0 Å². The molecular formula is C23H22N2O5. The number of hydrogen-bond acceptors (Lipinski definition) is 5. The molecular weight excluding hydrogens is 384 g/mol. The molecule has 3 amide bonds. The Morgan fingerprint density at radius 3 is 2.00 bits per heavy atom. The predicted molar refractivity (Wildman–Crippen MR) is 107 cm³/mol. The number of imide groups is 1. The zero-order chi connectivity index (χ0) is 20.7. The summed E-state index contributed by atoms with van der Waals surface area (Å²) >= 11 is 0. The summed E-state index contributed by atoms with van der Waals surface area (Å²) in [5.41, 5.74) is 2.26. The number of carbonyl (C=O) groups excluding carboxylic acids is 3. The van der Waals surface area contributed by atoms with Gasteiger partial charge in [0, 0.05) is 31.5 Å². The molecule has 2 aromatic carbocycles. The Kier molecular flexibility index (Phi) is 4.64. The van der Waals surface area contributed by atoms with E-state index in [0.29, 0.717) is 55.8 Å². The van der Waals surface area contributed by atoms with Crippen molar-refractivity contribution < 1.29 is 23.9 Å². The highest BCUT2D eigenvalue weighted by molar-refractivity contribution is 6.21. The molecule has 7 nitrogen and oxygen atoms in total. The molecule has 2 saturated heterocycles. The van der Waals surface area contributed by atoms with Gasteiger partial charge in [0.25, 0.3) is 17.7 Å². The van der Waals surface area contributed by atoms with Gasteiger partial charge in [-0.25, -0.2) is 0 Å². The van der Waals surface area contributed by atoms with Crippen molar-refractivity contribution in [1.29, 1.82) is 0 Å². The summed E-state index contributed by atoms with van der Waals surface area (Å²) in [5.74, 6) is -1.11. The predicted octanol–water partition coefficient (Wildman–Crippen LogP) is 2.46. The average Bonchev–Trinajstić information content (AvgIpc) is 3.33. The number of hydrogen-bond donors (Lipinski definition) is 0. The van der Waals surface area contributed by atoms with Crippen molar-refractivity contribution in [3.05, 3.63) is 70.8 Å². The molecule has 3 heterocycles. The lowest BCUT2D eigenvalue weighted by Crippen LogP contribution is -2.47. The highest BCUT2D eigenvalue weighted by Crippen LogP contribution is 2.32. The van der Waals surface area contributed by atoms with Gasteiger partial charge in [-0.3, -0.25) is 19.3 Å². The van der Waals surface area contributed by atoms with E-state index in [-0.39, 0.29) is 24.3 Å². The van der Waals surface area contributed by atoms with Crippen LogP contribution in [0.3, 0.4) is 0 Å². The molecule has 3 aliphatic rings. The summed E-state index contributed by atoms with van der Waals surface area (Å²) in [5, 5.41) is 0. The van der Waals surface area contributed by atoms with Crippen LogP contribution in [0.15, 0.2) is 48.5 Å². The number of piperidine rings is 1. The van der Waals surface area contributed by atoms with Crippen LogP contribution in [0, 0.1) is 0 Å². The van der Waals surface area contributed by atoms with Crippen LogP contribution in [0.2, 0.25) is 0 Å². The van der Waals surface area contributed by atoms with Gasteiger partial charge in [0.15, 0.2) is 5.79 Å².